The highest BCUT2D eigenvalue weighted by molar-refractivity contribution is 6.45. The van der Waals surface area contributed by atoms with Crippen LogP contribution in [0, 0.1) is 0 Å². The van der Waals surface area contributed by atoms with Crippen molar-refractivity contribution in [2.45, 2.75) is 0 Å². The van der Waals surface area contributed by atoms with Gasteiger partial charge in [0.05, 0.1) is 44.7 Å². The molecule has 3 aromatic rings. The first-order chi connectivity index (χ1) is 16.7. The summed E-state index contributed by atoms with van der Waals surface area (Å²) < 4.78 is 10.6. The van der Waals surface area contributed by atoms with Gasteiger partial charge in [0.15, 0.2) is 11.5 Å². The van der Waals surface area contributed by atoms with Crippen LogP contribution in [0.4, 0.5) is 5.69 Å². The number of carbonyl (C=O) groups excluding carboxylic acids is 3. The fraction of sp³-hybridized carbons (Fsp3) is 0.0435. The largest absolute Gasteiger partial charge is 0.493 e. The number of halogens is 4. The maximum absolute atomic E-state index is 12.4. The van der Waals surface area contributed by atoms with Crippen LogP contribution in [0.3, 0.4) is 0 Å². The highest BCUT2D eigenvalue weighted by Crippen LogP contribution is 2.30. The zero-order chi connectivity index (χ0) is 25.5. The van der Waals surface area contributed by atoms with Crippen molar-refractivity contribution < 1.29 is 23.9 Å². The van der Waals surface area contributed by atoms with Gasteiger partial charge in [0, 0.05) is 0 Å². The van der Waals surface area contributed by atoms with Gasteiger partial charge in [-0.2, -0.15) is 5.10 Å². The average Bonchev–Trinajstić information content (AvgIpc) is 2.84. The van der Waals surface area contributed by atoms with Crippen molar-refractivity contribution in [3.05, 3.63) is 85.8 Å². The van der Waals surface area contributed by atoms with E-state index in [2.05, 4.69) is 15.8 Å². The normalized spacial score (nSPS) is 10.7. The molecular weight excluding hydrogens is 540 g/mol. The summed E-state index contributed by atoms with van der Waals surface area (Å²) in [6.07, 6.45) is 1.27. The molecule has 12 heteroatoms. The number of esters is 1. The van der Waals surface area contributed by atoms with E-state index in [-0.39, 0.29) is 37.8 Å². The van der Waals surface area contributed by atoms with E-state index < -0.39 is 17.8 Å². The van der Waals surface area contributed by atoms with E-state index in [0.717, 1.165) is 0 Å². The van der Waals surface area contributed by atoms with Gasteiger partial charge in [-0.05, 0) is 54.1 Å². The molecule has 0 radical (unpaired) electrons. The fourth-order valence-corrected chi connectivity index (χ4v) is 3.27. The van der Waals surface area contributed by atoms with Crippen LogP contribution in [0.5, 0.6) is 11.5 Å². The first kappa shape index (κ1) is 26.3. The molecule has 180 valence electrons. The van der Waals surface area contributed by atoms with Crippen molar-refractivity contribution in [1.82, 2.24) is 5.43 Å². The van der Waals surface area contributed by atoms with Crippen molar-refractivity contribution >= 4 is 76.1 Å². The number of nitrogens with one attached hydrogen (secondary N) is 2. The van der Waals surface area contributed by atoms with Crippen LogP contribution in [0.2, 0.25) is 20.1 Å². The minimum atomic E-state index is -1.03. The zero-order valence-electron chi connectivity index (χ0n) is 17.8. The Labute approximate surface area is 219 Å². The molecule has 2 N–H and O–H groups in total. The molecule has 0 spiro atoms. The Morgan fingerprint density at radius 1 is 0.857 bits per heavy atom. The van der Waals surface area contributed by atoms with E-state index in [4.69, 9.17) is 55.9 Å². The van der Waals surface area contributed by atoms with E-state index in [9.17, 15) is 14.4 Å². The maximum Gasteiger partial charge on any atom is 0.343 e. The Bertz CT molecular complexity index is 1330. The molecule has 0 bridgehead atoms. The molecule has 0 saturated heterocycles. The fourth-order valence-electron chi connectivity index (χ4n) is 2.63. The Hall–Kier alpha value is -3.30. The lowest BCUT2D eigenvalue weighted by Crippen LogP contribution is -2.32. The van der Waals surface area contributed by atoms with Crippen LogP contribution in [-0.2, 0) is 9.59 Å². The second-order valence-electron chi connectivity index (χ2n) is 6.68. The molecule has 0 aliphatic rings. The molecule has 0 atom stereocenters. The van der Waals surface area contributed by atoms with E-state index in [1.807, 2.05) is 0 Å². The second kappa shape index (κ2) is 11.9. The summed E-state index contributed by atoms with van der Waals surface area (Å²) in [7, 11) is 1.39. The summed E-state index contributed by atoms with van der Waals surface area (Å²) in [5, 5.41) is 6.93. The topological polar surface area (TPSA) is 106 Å². The summed E-state index contributed by atoms with van der Waals surface area (Å²) in [4.78, 5) is 36.4. The highest BCUT2D eigenvalue weighted by atomic mass is 35.5. The number of methoxy groups -OCH3 is 1. The Balaban J connectivity index is 1.63. The lowest BCUT2D eigenvalue weighted by atomic mass is 10.2. The first-order valence-electron chi connectivity index (χ1n) is 9.63. The van der Waals surface area contributed by atoms with E-state index in [0.29, 0.717) is 10.6 Å². The smallest absolute Gasteiger partial charge is 0.343 e. The molecule has 3 rings (SSSR count). The van der Waals surface area contributed by atoms with Gasteiger partial charge in [-0.3, -0.25) is 9.59 Å². The second-order valence-corrected chi connectivity index (χ2v) is 8.28. The van der Waals surface area contributed by atoms with Crippen LogP contribution in [0.1, 0.15) is 15.9 Å². The molecule has 8 nitrogen and oxygen atoms in total. The number of hydrogen-bond donors (Lipinski definition) is 2. The molecule has 0 heterocycles. The summed E-state index contributed by atoms with van der Waals surface area (Å²) in [5.74, 6) is -2.32. The van der Waals surface area contributed by atoms with Crippen LogP contribution < -0.4 is 20.2 Å². The monoisotopic (exact) mass is 553 g/mol. The van der Waals surface area contributed by atoms with Gasteiger partial charge in [-0.25, -0.2) is 10.2 Å². The molecule has 0 fully saturated rings. The van der Waals surface area contributed by atoms with Crippen LogP contribution in [0.15, 0.2) is 59.7 Å². The molecule has 0 saturated carbocycles. The minimum Gasteiger partial charge on any atom is -0.493 e. The number of carbonyl (C=O) groups is 3. The van der Waals surface area contributed by atoms with Crippen molar-refractivity contribution in [2.24, 2.45) is 5.10 Å². The van der Waals surface area contributed by atoms with Gasteiger partial charge in [-0.1, -0.05) is 52.5 Å². The molecule has 0 aromatic heterocycles. The summed E-state index contributed by atoms with van der Waals surface area (Å²) in [6, 6.07) is 13.5. The standard InChI is InChI=1S/C23H15Cl4N3O5/c1-34-19-9-12(5-8-18(19)35-23(33)13-6-7-14(24)16(26)10-13)11-28-30-22(32)21(31)29-17-4-2-3-15(25)20(17)27/h2-11H,1H3,(H,29,31)(H,30,32)/b28-11+. The number of rotatable bonds is 6. The van der Waals surface area contributed by atoms with Crippen LogP contribution in [0.25, 0.3) is 0 Å². The van der Waals surface area contributed by atoms with E-state index in [1.54, 1.807) is 12.1 Å². The molecule has 0 unspecified atom stereocenters. The Kier molecular flexibility index (Phi) is 8.95. The number of hydrazone groups is 1. The molecule has 2 amide bonds. The van der Waals surface area contributed by atoms with E-state index in [1.165, 1.54) is 55.8 Å². The molecular formula is C23H15Cl4N3O5. The number of nitrogens with zero attached hydrogens (tertiary/aromatic N) is 1. The number of hydrogen-bond acceptors (Lipinski definition) is 6. The SMILES string of the molecule is COc1cc(/C=N/NC(=O)C(=O)Nc2cccc(Cl)c2Cl)ccc1OC(=O)c1ccc(Cl)c(Cl)c1. The van der Waals surface area contributed by atoms with Crippen LogP contribution >= 0.6 is 46.4 Å². The number of ether oxygens (including phenoxy) is 2. The van der Waals surface area contributed by atoms with Crippen molar-refractivity contribution in [1.29, 1.82) is 0 Å². The van der Waals surface area contributed by atoms with Crippen molar-refractivity contribution in [2.75, 3.05) is 12.4 Å². The lowest BCUT2D eigenvalue weighted by molar-refractivity contribution is -0.136. The minimum absolute atomic E-state index is 0.103. The van der Waals surface area contributed by atoms with Gasteiger partial charge in [-0.15, -0.1) is 0 Å². The van der Waals surface area contributed by atoms with Gasteiger partial charge in [0.1, 0.15) is 0 Å². The van der Waals surface area contributed by atoms with Crippen molar-refractivity contribution in [3.63, 3.8) is 0 Å². The Morgan fingerprint density at radius 3 is 2.34 bits per heavy atom. The summed E-state index contributed by atoms with van der Waals surface area (Å²) in [6.45, 7) is 0. The number of benzene rings is 3. The summed E-state index contributed by atoms with van der Waals surface area (Å²) >= 11 is 23.7. The summed E-state index contributed by atoms with van der Waals surface area (Å²) in [5.41, 5.74) is 2.96. The predicted octanol–water partition coefficient (Wildman–Crippen LogP) is 5.62. The van der Waals surface area contributed by atoms with Gasteiger partial charge in [0.25, 0.3) is 0 Å². The first-order valence-corrected chi connectivity index (χ1v) is 11.1. The van der Waals surface area contributed by atoms with Gasteiger partial charge >= 0.3 is 17.8 Å². The third-order valence-electron chi connectivity index (χ3n) is 4.33. The number of anilines is 1. The van der Waals surface area contributed by atoms with Gasteiger partial charge in [0.2, 0.25) is 0 Å². The third kappa shape index (κ3) is 6.86. The predicted molar refractivity (Wildman–Crippen MR) is 135 cm³/mol. The highest BCUT2D eigenvalue weighted by Gasteiger charge is 2.16. The average molecular weight is 555 g/mol. The lowest BCUT2D eigenvalue weighted by Gasteiger charge is -2.10. The van der Waals surface area contributed by atoms with Crippen molar-refractivity contribution in [3.8, 4) is 11.5 Å². The van der Waals surface area contributed by atoms with E-state index >= 15 is 0 Å². The molecule has 0 aliphatic carbocycles. The maximum atomic E-state index is 12.4. The van der Waals surface area contributed by atoms with Gasteiger partial charge < -0.3 is 14.8 Å². The van der Waals surface area contributed by atoms with Crippen LogP contribution in [-0.4, -0.2) is 31.1 Å². The number of amides is 2. The molecule has 3 aromatic carbocycles. The quantitative estimate of drug-likeness (QED) is 0.135. The Morgan fingerprint density at radius 2 is 1.63 bits per heavy atom. The molecule has 0 aliphatic heterocycles. The third-order valence-corrected chi connectivity index (χ3v) is 5.89. The molecule has 35 heavy (non-hydrogen) atoms. The zero-order valence-corrected chi connectivity index (χ0v) is 20.8.